The minimum atomic E-state index is -0.252. The van der Waals surface area contributed by atoms with E-state index < -0.39 is 0 Å². The number of piperidine rings is 4. The molecule has 1 unspecified atom stereocenters. The molecular formula is C21H24N2O3. The summed E-state index contributed by atoms with van der Waals surface area (Å²) < 4.78 is 6.07. The third kappa shape index (κ3) is 1.49. The van der Waals surface area contributed by atoms with Crippen LogP contribution >= 0.6 is 0 Å². The second-order valence-corrected chi connectivity index (χ2v) is 8.81. The molecule has 9 atom stereocenters. The molecule has 1 N–H and O–H groups in total. The van der Waals surface area contributed by atoms with E-state index in [0.717, 1.165) is 18.5 Å². The van der Waals surface area contributed by atoms with Crippen LogP contribution < -0.4 is 0 Å². The van der Waals surface area contributed by atoms with Gasteiger partial charge in [-0.3, -0.25) is 14.7 Å². The predicted molar refractivity (Wildman–Crippen MR) is 96.4 cm³/mol. The number of carbonyl (C=O) groups excluding carboxylic acids is 1. The van der Waals surface area contributed by atoms with E-state index in [2.05, 4.69) is 30.0 Å². The van der Waals surface area contributed by atoms with Crippen molar-refractivity contribution in [3.63, 3.8) is 0 Å². The Morgan fingerprint density at radius 3 is 3.00 bits per heavy atom. The Balaban J connectivity index is 1.60. The molecule has 4 saturated heterocycles. The number of carbonyl (C=O) groups is 1. The molecule has 6 aliphatic rings. The molecule has 5 heterocycles. The number of fused-ring (bicyclic) bond motifs is 2. The molecule has 1 aromatic carbocycles. The second kappa shape index (κ2) is 4.76. The average molecular weight is 352 g/mol. The van der Waals surface area contributed by atoms with E-state index in [9.17, 15) is 9.90 Å². The zero-order valence-corrected chi connectivity index (χ0v) is 15.1. The summed E-state index contributed by atoms with van der Waals surface area (Å²) in [5.41, 5.74) is 3.26. The largest absolute Gasteiger partial charge is 0.461 e. The van der Waals surface area contributed by atoms with Crippen molar-refractivity contribution in [3.8, 4) is 0 Å². The Kier molecular flexibility index (Phi) is 2.81. The van der Waals surface area contributed by atoms with Crippen molar-refractivity contribution in [1.82, 2.24) is 4.90 Å². The Labute approximate surface area is 153 Å². The van der Waals surface area contributed by atoms with Crippen LogP contribution in [0.5, 0.6) is 0 Å². The number of aliphatic hydroxyl groups is 1. The second-order valence-electron chi connectivity index (χ2n) is 8.81. The van der Waals surface area contributed by atoms with Gasteiger partial charge in [-0.1, -0.05) is 18.2 Å². The van der Waals surface area contributed by atoms with Gasteiger partial charge in [0.1, 0.15) is 6.10 Å². The number of nitrogens with zero attached hydrogens (tertiary/aromatic N) is 2. The first-order valence-corrected chi connectivity index (χ1v) is 9.82. The number of rotatable bonds is 2. The molecule has 0 aromatic heterocycles. The van der Waals surface area contributed by atoms with Crippen LogP contribution in [0.3, 0.4) is 0 Å². The van der Waals surface area contributed by atoms with Crippen LogP contribution in [-0.4, -0.2) is 52.5 Å². The van der Waals surface area contributed by atoms with Gasteiger partial charge < -0.3 is 9.84 Å². The lowest BCUT2D eigenvalue weighted by atomic mass is 9.62. The van der Waals surface area contributed by atoms with Crippen molar-refractivity contribution < 1.29 is 14.6 Å². The summed E-state index contributed by atoms with van der Waals surface area (Å²) in [7, 11) is 0. The van der Waals surface area contributed by atoms with Crippen molar-refractivity contribution in [2.45, 2.75) is 56.3 Å². The van der Waals surface area contributed by atoms with Crippen molar-refractivity contribution in [2.75, 3.05) is 6.61 Å². The van der Waals surface area contributed by atoms with Crippen molar-refractivity contribution in [3.05, 3.63) is 29.8 Å². The van der Waals surface area contributed by atoms with Crippen LogP contribution in [0.25, 0.3) is 0 Å². The van der Waals surface area contributed by atoms with Gasteiger partial charge in [0.15, 0.2) is 0 Å². The van der Waals surface area contributed by atoms with Crippen molar-refractivity contribution >= 4 is 17.4 Å². The number of esters is 1. The number of ether oxygens (including phenoxy) is 1. The summed E-state index contributed by atoms with van der Waals surface area (Å²) in [6.45, 7) is 3.99. The van der Waals surface area contributed by atoms with Crippen molar-refractivity contribution in [1.29, 1.82) is 0 Å². The quantitative estimate of drug-likeness (QED) is 0.828. The van der Waals surface area contributed by atoms with E-state index >= 15 is 0 Å². The molecule has 5 aliphatic heterocycles. The first-order valence-electron chi connectivity index (χ1n) is 9.82. The summed E-state index contributed by atoms with van der Waals surface area (Å²) in [5, 5.41) is 10.1. The zero-order chi connectivity index (χ0) is 17.8. The minimum Gasteiger partial charge on any atom is -0.461 e. The summed E-state index contributed by atoms with van der Waals surface area (Å²) in [4.78, 5) is 19.8. The van der Waals surface area contributed by atoms with E-state index in [0.29, 0.717) is 30.0 Å². The van der Waals surface area contributed by atoms with Crippen LogP contribution in [0.1, 0.15) is 32.3 Å². The third-order valence-corrected chi connectivity index (χ3v) is 8.09. The smallest absolute Gasteiger partial charge is 0.302 e. The van der Waals surface area contributed by atoms with Gasteiger partial charge >= 0.3 is 5.97 Å². The minimum absolute atomic E-state index is 0.158. The molecular weight excluding hydrogens is 328 g/mol. The standard InChI is InChI=1S/C21H24N2O3/c1-10-13(9-24)12-7-16-19-21(14-5-3-4-6-15(14)22-19)8-17(23(10)16)18(12)20(21)26-11(2)25/h3-6,10,12-13,16-18,20,24H,7-9H2,1-2H3/t10-,12+,13-,16+,17+,18+,20+,21-/m0/s1. The molecule has 7 rings (SSSR count). The molecule has 1 aromatic rings. The van der Waals surface area contributed by atoms with Gasteiger partial charge in [-0.15, -0.1) is 0 Å². The maximum absolute atomic E-state index is 12.1. The van der Waals surface area contributed by atoms with E-state index in [1.54, 1.807) is 0 Å². The third-order valence-electron chi connectivity index (χ3n) is 8.09. The number of benzene rings is 1. The molecule has 1 saturated carbocycles. The topological polar surface area (TPSA) is 62.1 Å². The van der Waals surface area contributed by atoms with Crippen LogP contribution in [0, 0.1) is 17.8 Å². The molecule has 1 spiro atoms. The van der Waals surface area contributed by atoms with Gasteiger partial charge in [0.25, 0.3) is 0 Å². The number of aliphatic hydroxyl groups excluding tert-OH is 1. The maximum atomic E-state index is 12.1. The number of aliphatic imine (C=N–C) groups is 1. The monoisotopic (exact) mass is 352 g/mol. The molecule has 0 radical (unpaired) electrons. The van der Waals surface area contributed by atoms with Gasteiger partial charge in [-0.05, 0) is 37.3 Å². The van der Waals surface area contributed by atoms with Gasteiger partial charge in [0.05, 0.1) is 22.9 Å². The highest BCUT2D eigenvalue weighted by molar-refractivity contribution is 6.08. The number of para-hydroxylation sites is 1. The van der Waals surface area contributed by atoms with Gasteiger partial charge in [0.2, 0.25) is 0 Å². The molecule has 5 fully saturated rings. The van der Waals surface area contributed by atoms with Gasteiger partial charge in [0, 0.05) is 37.5 Å². The average Bonchev–Trinajstić information content (AvgIpc) is 3.08. The molecule has 136 valence electrons. The fourth-order valence-electron chi connectivity index (χ4n) is 7.42. The normalized spacial score (nSPS) is 49.0. The lowest BCUT2D eigenvalue weighted by Crippen LogP contribution is -2.70. The Hall–Kier alpha value is -1.72. The Bertz CT molecular complexity index is 851. The highest BCUT2D eigenvalue weighted by Gasteiger charge is 2.75. The number of hydrogen-bond acceptors (Lipinski definition) is 5. The molecule has 5 bridgehead atoms. The van der Waals surface area contributed by atoms with E-state index in [1.165, 1.54) is 18.2 Å². The molecule has 0 amide bonds. The number of hydrogen-bond donors (Lipinski definition) is 1. The zero-order valence-electron chi connectivity index (χ0n) is 15.1. The Morgan fingerprint density at radius 2 is 2.23 bits per heavy atom. The summed E-state index contributed by atoms with van der Waals surface area (Å²) >= 11 is 0. The highest BCUT2D eigenvalue weighted by Crippen LogP contribution is 2.67. The van der Waals surface area contributed by atoms with Crippen molar-refractivity contribution in [2.24, 2.45) is 22.7 Å². The molecule has 1 aliphatic carbocycles. The fourth-order valence-corrected chi connectivity index (χ4v) is 7.42. The summed E-state index contributed by atoms with van der Waals surface area (Å²) in [6.07, 6.45) is 1.86. The van der Waals surface area contributed by atoms with Crippen LogP contribution in [-0.2, 0) is 14.9 Å². The maximum Gasteiger partial charge on any atom is 0.302 e. The highest BCUT2D eigenvalue weighted by atomic mass is 16.5. The SMILES string of the molecule is CC(=O)O[C@@H]1[C@@H]2[C@@H]3C[C@@H]4C5=Nc6ccccc6[C@@]51C[C@H]2N4[C@@H](C)[C@@H]3CO. The van der Waals surface area contributed by atoms with Crippen LogP contribution in [0.4, 0.5) is 5.69 Å². The van der Waals surface area contributed by atoms with Crippen LogP contribution in [0.2, 0.25) is 0 Å². The van der Waals surface area contributed by atoms with Crippen LogP contribution in [0.15, 0.2) is 29.3 Å². The van der Waals surface area contributed by atoms with E-state index in [1.807, 2.05) is 6.07 Å². The van der Waals surface area contributed by atoms with Gasteiger partial charge in [-0.25, -0.2) is 0 Å². The molecule has 5 nitrogen and oxygen atoms in total. The molecule has 5 heteroatoms. The first kappa shape index (κ1) is 15.3. The summed E-state index contributed by atoms with van der Waals surface area (Å²) in [5.74, 6) is 0.750. The van der Waals surface area contributed by atoms with E-state index in [-0.39, 0.29) is 30.0 Å². The van der Waals surface area contributed by atoms with E-state index in [4.69, 9.17) is 9.73 Å². The van der Waals surface area contributed by atoms with Gasteiger partial charge in [-0.2, -0.15) is 0 Å². The molecule has 26 heavy (non-hydrogen) atoms. The Morgan fingerprint density at radius 1 is 1.42 bits per heavy atom. The lowest BCUT2D eigenvalue weighted by molar-refractivity contribution is -0.160. The summed E-state index contributed by atoms with van der Waals surface area (Å²) in [6, 6.07) is 9.49. The fraction of sp³-hybridized carbons (Fsp3) is 0.619. The predicted octanol–water partition coefficient (Wildman–Crippen LogP) is 2.05. The lowest BCUT2D eigenvalue weighted by Gasteiger charge is -2.61. The first-order chi connectivity index (χ1) is 12.6.